The minimum atomic E-state index is -2.97. The van der Waals surface area contributed by atoms with Gasteiger partial charge in [0.1, 0.15) is 11.2 Å². The smallest absolute Gasteiger partial charge is 0.179 e. The van der Waals surface area contributed by atoms with E-state index >= 15 is 0 Å². The van der Waals surface area contributed by atoms with Gasteiger partial charge in [-0.25, -0.2) is 0 Å². The lowest BCUT2D eigenvalue weighted by atomic mass is 9.77. The van der Waals surface area contributed by atoms with Gasteiger partial charge < -0.3 is 14.2 Å². The van der Waals surface area contributed by atoms with Crippen molar-refractivity contribution < 1.29 is 4.42 Å². The Labute approximate surface area is 394 Å². The zero-order valence-electron chi connectivity index (χ0n) is 37.8. The Hall–Kier alpha value is -7.92. The molecule has 67 heavy (non-hydrogen) atoms. The highest BCUT2D eigenvalue weighted by molar-refractivity contribution is 7.20. The summed E-state index contributed by atoms with van der Waals surface area (Å²) >= 11 is 0. The molecule has 322 valence electrons. The summed E-state index contributed by atoms with van der Waals surface area (Å²) in [6.07, 6.45) is 5.78. The molecule has 12 rings (SSSR count). The van der Waals surface area contributed by atoms with Crippen molar-refractivity contribution in [2.24, 2.45) is 0 Å². The molecule has 2 aliphatic rings. The SMILES string of the molecule is CC1(C)C2=C(C=CC(N(c3ccccc3)c3cccc([Si](c4ccccc4)(c4ccccc4)c4ccc(N(c5ccccc5)c5ccc6c(c5)oc5ccccc56)cc4)c3)C2)c2ccccc21. The molecule has 0 radical (unpaired) electrons. The lowest BCUT2D eigenvalue weighted by Crippen LogP contribution is -2.74. The summed E-state index contributed by atoms with van der Waals surface area (Å²) in [5.74, 6) is 0. The molecule has 3 nitrogen and oxygen atoms in total. The normalized spacial score (nSPS) is 15.1. The van der Waals surface area contributed by atoms with Crippen LogP contribution in [0.5, 0.6) is 0 Å². The molecule has 0 amide bonds. The number of anilines is 5. The molecule has 1 unspecified atom stereocenters. The van der Waals surface area contributed by atoms with E-state index in [-0.39, 0.29) is 11.5 Å². The fraction of sp³-hybridized carbons (Fsp3) is 0.0794. The number of hydrogen-bond donors (Lipinski definition) is 0. The van der Waals surface area contributed by atoms with Crippen molar-refractivity contribution in [2.75, 3.05) is 9.80 Å². The van der Waals surface area contributed by atoms with Gasteiger partial charge in [-0.15, -0.1) is 0 Å². The van der Waals surface area contributed by atoms with E-state index in [4.69, 9.17) is 4.42 Å². The molecule has 0 spiro atoms. The van der Waals surface area contributed by atoms with Gasteiger partial charge in [0.2, 0.25) is 0 Å². The van der Waals surface area contributed by atoms with E-state index < -0.39 is 8.07 Å². The van der Waals surface area contributed by atoms with Gasteiger partial charge >= 0.3 is 0 Å². The summed E-state index contributed by atoms with van der Waals surface area (Å²) in [6, 6.07) is 87.1. The van der Waals surface area contributed by atoms with Crippen molar-refractivity contribution in [3.8, 4) is 0 Å². The van der Waals surface area contributed by atoms with Crippen LogP contribution in [0.25, 0.3) is 27.5 Å². The lowest BCUT2D eigenvalue weighted by Gasteiger charge is -2.39. The Bertz CT molecular complexity index is 3430. The van der Waals surface area contributed by atoms with Crippen LogP contribution in [0.15, 0.2) is 259 Å². The molecule has 1 aromatic heterocycles. The van der Waals surface area contributed by atoms with E-state index in [9.17, 15) is 0 Å². The number of allylic oxidation sites excluding steroid dienone is 2. The first-order valence-electron chi connectivity index (χ1n) is 23.4. The van der Waals surface area contributed by atoms with Gasteiger partial charge in [-0.3, -0.25) is 0 Å². The van der Waals surface area contributed by atoms with Crippen LogP contribution >= 0.6 is 0 Å². The maximum absolute atomic E-state index is 6.43. The maximum Gasteiger partial charge on any atom is 0.179 e. The molecule has 0 bridgehead atoms. The molecular formula is C63H50N2OSi. The standard InChI is InChI=1S/C63H50N2OSi/c1-63(2)59-32-17-15-30-55(59)56-40-36-49(43-60(56)63)65(46-22-9-4-10-23-46)48-24-19-29-54(42-48)67(51-25-11-5-12-26-51,52-27-13-6-14-28-52)53-38-34-47(35-39-53)64(45-20-7-3-8-21-45)50-37-41-58-57-31-16-18-33-61(57)66-62(58)44-50/h3-42,44,49H,43H2,1-2H3. The Morgan fingerprint density at radius 1 is 0.448 bits per heavy atom. The van der Waals surface area contributed by atoms with Crippen LogP contribution < -0.4 is 30.5 Å². The fourth-order valence-electron chi connectivity index (χ4n) is 11.3. The highest BCUT2D eigenvalue weighted by Crippen LogP contribution is 2.51. The third-order valence-corrected chi connectivity index (χ3v) is 19.2. The Balaban J connectivity index is 1.01. The first kappa shape index (κ1) is 40.6. The third kappa shape index (κ3) is 6.78. The van der Waals surface area contributed by atoms with Crippen LogP contribution in [-0.4, -0.2) is 14.1 Å². The Kier molecular flexibility index (Phi) is 9.99. The summed E-state index contributed by atoms with van der Waals surface area (Å²) in [5, 5.41) is 7.57. The minimum Gasteiger partial charge on any atom is -0.456 e. The van der Waals surface area contributed by atoms with Gasteiger partial charge in [-0.2, -0.15) is 0 Å². The van der Waals surface area contributed by atoms with Gasteiger partial charge in [0.05, 0.1) is 6.04 Å². The first-order chi connectivity index (χ1) is 33.0. The molecule has 0 saturated heterocycles. The average Bonchev–Trinajstić information content (AvgIpc) is 3.87. The van der Waals surface area contributed by atoms with Crippen molar-refractivity contribution in [2.45, 2.75) is 31.7 Å². The molecule has 2 aliphatic carbocycles. The molecular weight excluding hydrogens is 829 g/mol. The zero-order valence-corrected chi connectivity index (χ0v) is 38.8. The monoisotopic (exact) mass is 878 g/mol. The number of hydrogen-bond acceptors (Lipinski definition) is 3. The molecule has 0 fully saturated rings. The largest absolute Gasteiger partial charge is 0.456 e. The third-order valence-electron chi connectivity index (χ3n) is 14.4. The number of para-hydroxylation sites is 3. The lowest BCUT2D eigenvalue weighted by molar-refractivity contribution is 0.585. The molecule has 0 aliphatic heterocycles. The van der Waals surface area contributed by atoms with Crippen molar-refractivity contribution in [3.63, 3.8) is 0 Å². The van der Waals surface area contributed by atoms with Gasteiger partial charge in [0.15, 0.2) is 8.07 Å². The van der Waals surface area contributed by atoms with Crippen LogP contribution in [0, 0.1) is 0 Å². The topological polar surface area (TPSA) is 19.6 Å². The molecule has 9 aromatic carbocycles. The molecule has 0 N–H and O–H groups in total. The quantitative estimate of drug-likeness (QED) is 0.101. The second-order valence-electron chi connectivity index (χ2n) is 18.4. The van der Waals surface area contributed by atoms with Crippen LogP contribution in [0.2, 0.25) is 0 Å². The van der Waals surface area contributed by atoms with Gasteiger partial charge in [-0.05, 0) is 116 Å². The van der Waals surface area contributed by atoms with Crippen molar-refractivity contribution in [1.82, 2.24) is 0 Å². The van der Waals surface area contributed by atoms with Crippen LogP contribution in [0.3, 0.4) is 0 Å². The molecule has 10 aromatic rings. The molecule has 1 heterocycles. The van der Waals surface area contributed by atoms with Gasteiger partial charge in [-0.1, -0.05) is 190 Å². The maximum atomic E-state index is 6.43. The minimum absolute atomic E-state index is 0.0513. The number of furan rings is 1. The van der Waals surface area contributed by atoms with Crippen molar-refractivity contribution in [3.05, 3.63) is 265 Å². The predicted octanol–water partition coefficient (Wildman–Crippen LogP) is 13.6. The predicted molar refractivity (Wildman–Crippen MR) is 285 cm³/mol. The number of rotatable bonds is 10. The van der Waals surface area contributed by atoms with E-state index in [0.29, 0.717) is 0 Å². The zero-order chi connectivity index (χ0) is 45.0. The highest BCUT2D eigenvalue weighted by atomic mass is 28.3. The van der Waals surface area contributed by atoms with E-state index in [1.165, 1.54) is 54.4 Å². The molecule has 0 saturated carbocycles. The summed E-state index contributed by atoms with van der Waals surface area (Å²) in [5.41, 5.74) is 13.0. The number of nitrogens with zero attached hydrogens (tertiary/aromatic N) is 2. The van der Waals surface area contributed by atoms with Crippen LogP contribution in [0.4, 0.5) is 28.4 Å². The summed E-state index contributed by atoms with van der Waals surface area (Å²) in [4.78, 5) is 4.92. The fourth-order valence-corrected chi connectivity index (χ4v) is 16.0. The second kappa shape index (κ2) is 16.5. The first-order valence-corrected chi connectivity index (χ1v) is 25.4. The van der Waals surface area contributed by atoms with Crippen molar-refractivity contribution >= 4 is 84.8 Å². The number of fused-ring (bicyclic) bond motifs is 5. The molecule has 4 heteroatoms. The Morgan fingerprint density at radius 2 is 0.985 bits per heavy atom. The van der Waals surface area contributed by atoms with Crippen LogP contribution in [0.1, 0.15) is 31.4 Å². The summed E-state index contributed by atoms with van der Waals surface area (Å²) < 4.78 is 6.43. The van der Waals surface area contributed by atoms with Crippen molar-refractivity contribution in [1.29, 1.82) is 0 Å². The van der Waals surface area contributed by atoms with E-state index in [2.05, 4.69) is 260 Å². The molecule has 1 atom stereocenters. The highest BCUT2D eigenvalue weighted by Gasteiger charge is 2.43. The summed E-state index contributed by atoms with van der Waals surface area (Å²) in [6.45, 7) is 4.81. The van der Waals surface area contributed by atoms with Gasteiger partial charge in [0.25, 0.3) is 0 Å². The van der Waals surface area contributed by atoms with E-state index in [1.807, 2.05) is 12.1 Å². The Morgan fingerprint density at radius 3 is 1.70 bits per heavy atom. The average molecular weight is 879 g/mol. The van der Waals surface area contributed by atoms with E-state index in [0.717, 1.165) is 45.4 Å². The second-order valence-corrected chi connectivity index (χ2v) is 22.2. The number of benzene rings is 9. The van der Waals surface area contributed by atoms with Crippen LogP contribution in [-0.2, 0) is 5.41 Å². The summed E-state index contributed by atoms with van der Waals surface area (Å²) in [7, 11) is -2.97. The van der Waals surface area contributed by atoms with Gasteiger partial charge in [0, 0.05) is 50.7 Å². The van der Waals surface area contributed by atoms with E-state index in [1.54, 1.807) is 0 Å².